The van der Waals surface area contributed by atoms with Crippen LogP contribution in [-0.4, -0.2) is 26.6 Å². The zero-order valence-electron chi connectivity index (χ0n) is 16.7. The standard InChI is InChI=1S/C21H23N5O2S2/c1-26-13-22-25-21(26)29-12-14-7-9-15(10-8-14)19(27)23-24-20(28)18-11-16-5-3-2-4-6-17(16)30-18/h7-11,13H,2-6,12H2,1H3,(H,23,27)(H,24,28). The van der Waals surface area contributed by atoms with Gasteiger partial charge in [-0.3, -0.25) is 20.4 Å². The Kier molecular flexibility index (Phi) is 6.49. The monoisotopic (exact) mass is 441 g/mol. The lowest BCUT2D eigenvalue weighted by Crippen LogP contribution is -2.41. The fourth-order valence-corrected chi connectivity index (χ4v) is 5.32. The van der Waals surface area contributed by atoms with Crippen LogP contribution in [-0.2, 0) is 25.6 Å². The van der Waals surface area contributed by atoms with E-state index in [1.165, 1.54) is 41.0 Å². The summed E-state index contributed by atoms with van der Waals surface area (Å²) >= 11 is 3.11. The minimum atomic E-state index is -0.339. The Hall–Kier alpha value is -2.65. The van der Waals surface area contributed by atoms with Gasteiger partial charge in [0.25, 0.3) is 11.8 Å². The maximum absolute atomic E-state index is 12.4. The second kappa shape index (κ2) is 9.44. The summed E-state index contributed by atoms with van der Waals surface area (Å²) in [5.41, 5.74) is 7.89. The number of aryl methyl sites for hydroxylation is 3. The van der Waals surface area contributed by atoms with Crippen molar-refractivity contribution in [2.75, 3.05) is 0 Å². The topological polar surface area (TPSA) is 88.9 Å². The normalized spacial score (nSPS) is 13.4. The van der Waals surface area contributed by atoms with Crippen molar-refractivity contribution in [3.8, 4) is 0 Å². The van der Waals surface area contributed by atoms with E-state index in [1.807, 2.05) is 29.8 Å². The maximum Gasteiger partial charge on any atom is 0.279 e. The first-order valence-electron chi connectivity index (χ1n) is 9.88. The Morgan fingerprint density at radius 3 is 2.63 bits per heavy atom. The van der Waals surface area contributed by atoms with E-state index in [0.717, 1.165) is 29.3 Å². The van der Waals surface area contributed by atoms with Crippen molar-refractivity contribution in [2.24, 2.45) is 7.05 Å². The molecule has 3 aromatic rings. The van der Waals surface area contributed by atoms with Gasteiger partial charge in [-0.2, -0.15) is 0 Å². The predicted octanol–water partition coefficient (Wildman–Crippen LogP) is 3.51. The molecule has 1 aliphatic rings. The number of nitrogens with one attached hydrogen (secondary N) is 2. The molecule has 1 aliphatic carbocycles. The summed E-state index contributed by atoms with van der Waals surface area (Å²) in [7, 11) is 1.90. The molecule has 0 aliphatic heterocycles. The summed E-state index contributed by atoms with van der Waals surface area (Å²) in [5.74, 6) is 0.126. The average molecular weight is 442 g/mol. The smallest absolute Gasteiger partial charge is 0.279 e. The number of rotatable bonds is 5. The first-order chi connectivity index (χ1) is 14.6. The third kappa shape index (κ3) is 4.91. The van der Waals surface area contributed by atoms with Crippen LogP contribution < -0.4 is 10.9 Å². The third-order valence-corrected chi connectivity index (χ3v) is 7.36. The van der Waals surface area contributed by atoms with Crippen LogP contribution >= 0.6 is 23.1 Å². The number of nitrogens with zero attached hydrogens (tertiary/aromatic N) is 3. The zero-order valence-corrected chi connectivity index (χ0v) is 18.3. The van der Waals surface area contributed by atoms with E-state index >= 15 is 0 Å². The molecule has 0 radical (unpaired) electrons. The molecule has 1 aromatic carbocycles. The van der Waals surface area contributed by atoms with Gasteiger partial charge in [0.15, 0.2) is 5.16 Å². The Balaban J connectivity index is 1.29. The van der Waals surface area contributed by atoms with Crippen LogP contribution in [0.15, 0.2) is 41.8 Å². The van der Waals surface area contributed by atoms with E-state index in [1.54, 1.807) is 30.2 Å². The quantitative estimate of drug-likeness (QED) is 0.359. The van der Waals surface area contributed by atoms with Crippen molar-refractivity contribution < 1.29 is 9.59 Å². The van der Waals surface area contributed by atoms with Gasteiger partial charge >= 0.3 is 0 Å². The molecule has 2 amide bonds. The number of amides is 2. The Morgan fingerprint density at radius 2 is 1.87 bits per heavy atom. The number of aromatic nitrogens is 3. The van der Waals surface area contributed by atoms with Crippen molar-refractivity contribution in [2.45, 2.75) is 43.0 Å². The van der Waals surface area contributed by atoms with Crippen LogP contribution in [0.1, 0.15) is 55.3 Å². The summed E-state index contributed by atoms with van der Waals surface area (Å²) in [5, 5.41) is 8.74. The fraction of sp³-hybridized carbons (Fsp3) is 0.333. The molecule has 0 bridgehead atoms. The lowest BCUT2D eigenvalue weighted by atomic mass is 10.1. The highest BCUT2D eigenvalue weighted by atomic mass is 32.2. The van der Waals surface area contributed by atoms with Gasteiger partial charge in [-0.15, -0.1) is 21.5 Å². The number of carbonyl (C=O) groups is 2. The van der Waals surface area contributed by atoms with Gasteiger partial charge in [-0.1, -0.05) is 30.3 Å². The van der Waals surface area contributed by atoms with Crippen molar-refractivity contribution in [1.29, 1.82) is 0 Å². The number of fused-ring (bicyclic) bond motifs is 1. The second-order valence-corrected chi connectivity index (χ2v) is 9.32. The number of benzene rings is 1. The minimum absolute atomic E-state index is 0.266. The second-order valence-electron chi connectivity index (χ2n) is 7.24. The minimum Gasteiger partial charge on any atom is -0.312 e. The number of hydrogen-bond acceptors (Lipinski definition) is 6. The molecule has 9 heteroatoms. The molecular weight excluding hydrogens is 418 g/mol. The highest BCUT2D eigenvalue weighted by Gasteiger charge is 2.17. The van der Waals surface area contributed by atoms with Crippen LogP contribution in [0.5, 0.6) is 0 Å². The van der Waals surface area contributed by atoms with Crippen LogP contribution in [0, 0.1) is 0 Å². The first-order valence-corrected chi connectivity index (χ1v) is 11.7. The van der Waals surface area contributed by atoms with Crippen molar-refractivity contribution in [3.05, 3.63) is 63.1 Å². The Labute approximate surface area is 183 Å². The van der Waals surface area contributed by atoms with Gasteiger partial charge < -0.3 is 4.57 Å². The van der Waals surface area contributed by atoms with E-state index in [9.17, 15) is 9.59 Å². The van der Waals surface area contributed by atoms with E-state index in [2.05, 4.69) is 21.0 Å². The number of carbonyl (C=O) groups excluding carboxylic acids is 2. The zero-order chi connectivity index (χ0) is 20.9. The lowest BCUT2D eigenvalue weighted by Gasteiger charge is -2.07. The largest absolute Gasteiger partial charge is 0.312 e. The molecule has 0 unspecified atom stereocenters. The molecule has 0 saturated carbocycles. The molecule has 2 N–H and O–H groups in total. The highest BCUT2D eigenvalue weighted by molar-refractivity contribution is 7.98. The van der Waals surface area contributed by atoms with Crippen LogP contribution in [0.2, 0.25) is 0 Å². The highest BCUT2D eigenvalue weighted by Crippen LogP contribution is 2.28. The van der Waals surface area contributed by atoms with Gasteiger partial charge in [0.05, 0.1) is 4.88 Å². The Morgan fingerprint density at radius 1 is 1.10 bits per heavy atom. The van der Waals surface area contributed by atoms with Gasteiger partial charge in [0.1, 0.15) is 6.33 Å². The van der Waals surface area contributed by atoms with Crippen LogP contribution in [0.25, 0.3) is 0 Å². The van der Waals surface area contributed by atoms with Crippen LogP contribution in [0.4, 0.5) is 0 Å². The van der Waals surface area contributed by atoms with Gasteiger partial charge in [0.2, 0.25) is 0 Å². The van der Waals surface area contributed by atoms with Gasteiger partial charge in [-0.25, -0.2) is 0 Å². The lowest BCUT2D eigenvalue weighted by molar-refractivity contribution is 0.0849. The van der Waals surface area contributed by atoms with Crippen molar-refractivity contribution >= 4 is 34.9 Å². The first kappa shape index (κ1) is 20.6. The molecular formula is C21H23N5O2S2. The molecule has 0 spiro atoms. The SMILES string of the molecule is Cn1cnnc1SCc1ccc(C(=O)NNC(=O)c2cc3c(s2)CCCCC3)cc1. The third-order valence-electron chi connectivity index (χ3n) is 5.01. The fourth-order valence-electron chi connectivity index (χ4n) is 3.33. The van der Waals surface area contributed by atoms with E-state index < -0.39 is 0 Å². The number of hydrazine groups is 1. The van der Waals surface area contributed by atoms with E-state index in [0.29, 0.717) is 10.4 Å². The van der Waals surface area contributed by atoms with Crippen molar-refractivity contribution in [3.63, 3.8) is 0 Å². The van der Waals surface area contributed by atoms with E-state index in [-0.39, 0.29) is 11.8 Å². The predicted molar refractivity (Wildman–Crippen MR) is 118 cm³/mol. The van der Waals surface area contributed by atoms with Crippen molar-refractivity contribution in [1.82, 2.24) is 25.6 Å². The molecule has 2 aromatic heterocycles. The summed E-state index contributed by atoms with van der Waals surface area (Å²) in [6, 6.07) is 9.27. The van der Waals surface area contributed by atoms with Crippen LogP contribution in [0.3, 0.4) is 0 Å². The summed E-state index contributed by atoms with van der Waals surface area (Å²) in [4.78, 5) is 26.8. The van der Waals surface area contributed by atoms with Gasteiger partial charge in [-0.05, 0) is 55.0 Å². The molecule has 156 valence electrons. The maximum atomic E-state index is 12.4. The summed E-state index contributed by atoms with van der Waals surface area (Å²) in [6.07, 6.45) is 7.34. The summed E-state index contributed by atoms with van der Waals surface area (Å²) in [6.45, 7) is 0. The van der Waals surface area contributed by atoms with E-state index in [4.69, 9.17) is 0 Å². The number of thiophene rings is 1. The number of hydrogen-bond donors (Lipinski definition) is 2. The molecule has 0 saturated heterocycles. The molecule has 7 nitrogen and oxygen atoms in total. The molecule has 2 heterocycles. The molecule has 4 rings (SSSR count). The summed E-state index contributed by atoms with van der Waals surface area (Å²) < 4.78 is 1.86. The number of thioether (sulfide) groups is 1. The Bertz CT molecular complexity index is 1020. The molecule has 30 heavy (non-hydrogen) atoms. The van der Waals surface area contributed by atoms with Gasteiger partial charge in [0, 0.05) is 23.2 Å². The molecule has 0 atom stereocenters. The average Bonchev–Trinajstić information content (AvgIpc) is 3.30. The molecule has 0 fully saturated rings.